The number of piperidine rings is 4. The molecule has 1 aromatic rings. The molecule has 4 aliphatic heterocycles. The lowest BCUT2D eigenvalue weighted by Gasteiger charge is -2.39. The molecule has 5 rings (SSSR count). The molecule has 1 unspecified atom stereocenters. The molecule has 0 bridgehead atoms. The van der Waals surface area contributed by atoms with Gasteiger partial charge >= 0.3 is 0 Å². The summed E-state index contributed by atoms with van der Waals surface area (Å²) in [5.74, 6) is 6.45. The first-order valence-corrected chi connectivity index (χ1v) is 16.4. The molecule has 0 aromatic heterocycles. The average Bonchev–Trinajstić information content (AvgIpc) is 2.99. The number of hydrogen-bond donors (Lipinski definition) is 2. The Kier molecular flexibility index (Phi) is 13.0. The third-order valence-electron chi connectivity index (χ3n) is 8.51. The van der Waals surface area contributed by atoms with Gasteiger partial charge in [-0.3, -0.25) is 14.9 Å². The summed E-state index contributed by atoms with van der Waals surface area (Å²) in [4.78, 5) is 26.2. The van der Waals surface area contributed by atoms with Gasteiger partial charge in [0.15, 0.2) is 0 Å². The molecule has 1 aromatic carbocycles. The summed E-state index contributed by atoms with van der Waals surface area (Å²) < 4.78 is 11.1. The quantitative estimate of drug-likeness (QED) is 0.285. The van der Waals surface area contributed by atoms with Crippen molar-refractivity contribution in [3.05, 3.63) is 35.4 Å². The van der Waals surface area contributed by atoms with Crippen LogP contribution >= 0.6 is 12.1 Å². The second-order valence-electron chi connectivity index (χ2n) is 11.5. The first kappa shape index (κ1) is 32.0. The molecule has 226 valence electrons. The van der Waals surface area contributed by atoms with E-state index in [1.54, 1.807) is 0 Å². The van der Waals surface area contributed by atoms with Gasteiger partial charge in [-0.25, -0.2) is 8.61 Å². The van der Waals surface area contributed by atoms with Crippen LogP contribution in [0.15, 0.2) is 24.3 Å². The van der Waals surface area contributed by atoms with Gasteiger partial charge in [-0.15, -0.1) is 0 Å². The van der Waals surface area contributed by atoms with Crippen molar-refractivity contribution in [2.75, 3.05) is 52.4 Å². The van der Waals surface area contributed by atoms with Crippen LogP contribution in [0.25, 0.3) is 0 Å². The minimum atomic E-state index is -0.281. The summed E-state index contributed by atoms with van der Waals surface area (Å²) in [6, 6.07) is 8.16. The van der Waals surface area contributed by atoms with E-state index < -0.39 is 0 Å². The number of likely N-dealkylation sites (tertiary alicyclic amines) is 1. The Balaban J connectivity index is 0.00000189. The first-order valence-electron chi connectivity index (χ1n) is 15.7. The van der Waals surface area contributed by atoms with E-state index in [-0.39, 0.29) is 23.8 Å². The Morgan fingerprint density at radius 1 is 0.951 bits per heavy atom. The predicted octanol–water partition coefficient (Wildman–Crippen LogP) is 3.76. The highest BCUT2D eigenvalue weighted by molar-refractivity contribution is 7.94. The smallest absolute Gasteiger partial charge is 0.234 e. The standard InChI is InChI=1S/C30H43N5O3S.C2H6/c31-26-10-18-35(19-11-26)39-34-16-8-24(9-17-34)22-33-14-12-27(13-15-33)38-20-2-4-23-3-1-5-25(21-23)28-6-7-29(36)32-30(28)37;1-2/h1,3,5,21,24,26-28H,6-20,22,31H2,(H,32,36,37);1-2H3. The van der Waals surface area contributed by atoms with Crippen LogP contribution < -0.4 is 11.1 Å². The second kappa shape index (κ2) is 16.6. The molecule has 8 nitrogen and oxygen atoms in total. The van der Waals surface area contributed by atoms with Gasteiger partial charge in [0.2, 0.25) is 11.8 Å². The van der Waals surface area contributed by atoms with Crippen LogP contribution in [0.5, 0.6) is 0 Å². The Bertz CT molecular complexity index is 1040. The lowest BCUT2D eigenvalue weighted by Crippen LogP contribution is -2.43. The number of nitrogens with two attached hydrogens (primary N) is 1. The number of hydrogen-bond acceptors (Lipinski definition) is 8. The molecule has 4 fully saturated rings. The minimum absolute atomic E-state index is 0.190. The largest absolute Gasteiger partial charge is 0.365 e. The maximum absolute atomic E-state index is 12.2. The van der Waals surface area contributed by atoms with Gasteiger partial charge in [0.05, 0.1) is 12.0 Å². The molecule has 0 saturated carbocycles. The highest BCUT2D eigenvalue weighted by atomic mass is 32.2. The van der Waals surface area contributed by atoms with Crippen LogP contribution in [0.4, 0.5) is 0 Å². The van der Waals surface area contributed by atoms with E-state index in [1.807, 2.05) is 50.2 Å². The Labute approximate surface area is 251 Å². The van der Waals surface area contributed by atoms with Crippen molar-refractivity contribution in [3.63, 3.8) is 0 Å². The van der Waals surface area contributed by atoms with Crippen molar-refractivity contribution in [2.45, 2.75) is 83.3 Å². The van der Waals surface area contributed by atoms with Gasteiger partial charge in [0.25, 0.3) is 0 Å². The van der Waals surface area contributed by atoms with Crippen LogP contribution in [-0.4, -0.2) is 89.9 Å². The molecule has 0 radical (unpaired) electrons. The molecule has 2 amide bonds. The first-order chi connectivity index (χ1) is 20.0. The van der Waals surface area contributed by atoms with Gasteiger partial charge in [0.1, 0.15) is 6.61 Å². The Morgan fingerprint density at radius 2 is 1.63 bits per heavy atom. The summed E-state index contributed by atoms with van der Waals surface area (Å²) >= 11 is 1.95. The highest BCUT2D eigenvalue weighted by Crippen LogP contribution is 2.28. The maximum atomic E-state index is 12.2. The molecule has 4 aliphatic rings. The zero-order chi connectivity index (χ0) is 29.0. The van der Waals surface area contributed by atoms with Gasteiger partial charge in [-0.05, 0) is 68.6 Å². The third kappa shape index (κ3) is 10.1. The summed E-state index contributed by atoms with van der Waals surface area (Å²) in [6.45, 7) is 12.5. The van der Waals surface area contributed by atoms with Crippen molar-refractivity contribution in [1.29, 1.82) is 0 Å². The number of rotatable bonds is 7. The van der Waals surface area contributed by atoms with Crippen LogP contribution in [0.3, 0.4) is 0 Å². The number of carbonyl (C=O) groups is 2. The molecule has 0 spiro atoms. The topological polar surface area (TPSA) is 91.1 Å². The number of amides is 2. The fourth-order valence-electron chi connectivity index (χ4n) is 6.06. The van der Waals surface area contributed by atoms with Crippen molar-refractivity contribution >= 4 is 23.9 Å². The van der Waals surface area contributed by atoms with E-state index in [9.17, 15) is 9.59 Å². The van der Waals surface area contributed by atoms with Crippen molar-refractivity contribution in [3.8, 4) is 11.8 Å². The lowest BCUT2D eigenvalue weighted by molar-refractivity contribution is -0.134. The average molecular weight is 584 g/mol. The number of ether oxygens (including phenoxy) is 1. The number of nitrogens with zero attached hydrogens (tertiary/aromatic N) is 3. The van der Waals surface area contributed by atoms with E-state index in [2.05, 4.69) is 30.7 Å². The molecular formula is C32H49N5O3S. The predicted molar refractivity (Wildman–Crippen MR) is 166 cm³/mol. The van der Waals surface area contributed by atoms with Crippen LogP contribution in [0.2, 0.25) is 0 Å². The molecule has 3 N–H and O–H groups in total. The number of benzene rings is 1. The summed E-state index contributed by atoms with van der Waals surface area (Å²) in [7, 11) is 0. The monoisotopic (exact) mass is 583 g/mol. The molecule has 4 heterocycles. The van der Waals surface area contributed by atoms with E-state index in [0.29, 0.717) is 25.5 Å². The normalized spacial score (nSPS) is 24.2. The SMILES string of the molecule is CC.NC1CCN(SN2CCC(CN3CCC(OCC#Cc4cccc(C5CCC(=O)NC5=O)c4)CC3)CC2)CC1. The van der Waals surface area contributed by atoms with Gasteiger partial charge in [0, 0.05) is 76.0 Å². The van der Waals surface area contributed by atoms with Crippen LogP contribution in [-0.2, 0) is 14.3 Å². The molecule has 0 aliphatic carbocycles. The van der Waals surface area contributed by atoms with Crippen molar-refractivity contribution < 1.29 is 14.3 Å². The zero-order valence-corrected chi connectivity index (χ0v) is 25.8. The van der Waals surface area contributed by atoms with Gasteiger partial charge in [-0.2, -0.15) is 0 Å². The van der Waals surface area contributed by atoms with Gasteiger partial charge in [-0.1, -0.05) is 37.8 Å². The number of imide groups is 1. The Hall–Kier alpha value is -1.93. The van der Waals surface area contributed by atoms with Crippen molar-refractivity contribution in [1.82, 2.24) is 18.8 Å². The molecule has 1 atom stereocenters. The van der Waals surface area contributed by atoms with Crippen molar-refractivity contribution in [2.24, 2.45) is 11.7 Å². The number of nitrogens with one attached hydrogen (secondary N) is 1. The summed E-state index contributed by atoms with van der Waals surface area (Å²) in [5, 5.41) is 2.43. The molecule has 41 heavy (non-hydrogen) atoms. The summed E-state index contributed by atoms with van der Waals surface area (Å²) in [5.41, 5.74) is 7.83. The summed E-state index contributed by atoms with van der Waals surface area (Å²) in [6.07, 6.45) is 8.17. The molecular weight excluding hydrogens is 534 g/mol. The molecule has 4 saturated heterocycles. The second-order valence-corrected chi connectivity index (χ2v) is 12.7. The highest BCUT2D eigenvalue weighted by Gasteiger charge is 2.28. The van der Waals surface area contributed by atoms with Crippen LogP contribution in [0.1, 0.15) is 82.3 Å². The Morgan fingerprint density at radius 3 is 2.32 bits per heavy atom. The fraction of sp³-hybridized carbons (Fsp3) is 0.688. The van der Waals surface area contributed by atoms with E-state index in [0.717, 1.165) is 68.9 Å². The minimum Gasteiger partial charge on any atom is -0.365 e. The number of carbonyl (C=O) groups excluding carboxylic acids is 2. The fourth-order valence-corrected chi connectivity index (χ4v) is 7.14. The lowest BCUT2D eigenvalue weighted by atomic mass is 9.90. The maximum Gasteiger partial charge on any atom is 0.234 e. The van der Waals surface area contributed by atoms with E-state index >= 15 is 0 Å². The van der Waals surface area contributed by atoms with E-state index in [4.69, 9.17) is 10.5 Å². The van der Waals surface area contributed by atoms with E-state index in [1.165, 1.54) is 32.5 Å². The van der Waals surface area contributed by atoms with Crippen LogP contribution in [0, 0.1) is 17.8 Å². The third-order valence-corrected chi connectivity index (χ3v) is 9.70. The molecule has 9 heteroatoms. The van der Waals surface area contributed by atoms with Gasteiger partial charge < -0.3 is 15.4 Å². The zero-order valence-electron chi connectivity index (χ0n) is 25.0.